The summed E-state index contributed by atoms with van der Waals surface area (Å²) in [6.07, 6.45) is 5.19. The van der Waals surface area contributed by atoms with Crippen molar-refractivity contribution in [1.29, 1.82) is 0 Å². The van der Waals surface area contributed by atoms with Gasteiger partial charge in [-0.05, 0) is 211 Å². The number of phenolic OH excluding ortho intramolecular Hbond substituents is 1. The Morgan fingerprint density at radius 2 is 0.876 bits per heavy atom. The van der Waals surface area contributed by atoms with Crippen LogP contribution in [-0.4, -0.2) is 158 Å². The van der Waals surface area contributed by atoms with Crippen molar-refractivity contribution in [2.24, 2.45) is 0 Å². The van der Waals surface area contributed by atoms with Crippen LogP contribution in [0.4, 0.5) is 22.8 Å². The van der Waals surface area contributed by atoms with E-state index in [2.05, 4.69) is 163 Å². The first-order chi connectivity index (χ1) is 65.6. The molecule has 3 aliphatic rings. The van der Waals surface area contributed by atoms with E-state index in [9.17, 15) is 19.1 Å². The van der Waals surface area contributed by atoms with Crippen LogP contribution >= 0.6 is 0 Å². The van der Waals surface area contributed by atoms with Crippen molar-refractivity contribution in [2.75, 3.05) is 39.5 Å². The Morgan fingerprint density at radius 1 is 0.445 bits per heavy atom. The molecule has 0 unspecified atom stereocenters. The summed E-state index contributed by atoms with van der Waals surface area (Å²) in [6.45, 7) is 45.8. The number of hydrogen-bond donors (Lipinski definition) is 5. The minimum absolute atomic E-state index is 0.102. The molecule has 5 N–H and O–H groups in total. The lowest BCUT2D eigenvalue weighted by molar-refractivity contribution is 0.0813. The highest BCUT2D eigenvalue weighted by Crippen LogP contribution is 2.42. The minimum atomic E-state index is -1.31. The Labute approximate surface area is 805 Å². The number of H-pyrrole nitrogens is 2. The molecule has 2 aliphatic heterocycles. The summed E-state index contributed by atoms with van der Waals surface area (Å²) in [7, 11) is -5.09. The molecule has 6 aromatic heterocycles. The Bertz CT molecular complexity index is 6580. The Kier molecular flexibility index (Phi) is 31.7. The third-order valence-electron chi connectivity index (χ3n) is 25.2. The first-order valence-corrected chi connectivity index (χ1v) is 63.1. The van der Waals surface area contributed by atoms with Crippen LogP contribution in [0.1, 0.15) is 103 Å². The lowest BCUT2D eigenvalue weighted by Gasteiger charge is -2.18. The molecule has 0 atom stereocenters. The Hall–Kier alpha value is -11.8. The lowest BCUT2D eigenvalue weighted by Crippen LogP contribution is -2.36. The van der Waals surface area contributed by atoms with Gasteiger partial charge >= 0.3 is 12.1 Å². The molecule has 25 nitrogen and oxygen atoms in total. The SMILES string of the molecule is CCNC(=O)N1Cc2nc(-c3n[nH]c4cc(-c5cc(F)c(O)cc5CC)ccc34)[nH]c2C1.CCNC(=O)N1Cc2nc(-c3nn(COCC[Si](C)(C)C)c4cc(-c5cc(F)c(OCc6ccccc6)cc5CC)ccc34)n(COCC[Si](C)(C)C)c2C1.CCc1cc(OCc2ccccc2)c(F)cc1-c1ccc2c(-c3nc4c(n3COCC[Si](C)(C)C)CCC4)nn(COCC[Si](C)(C)C)c2c1. The summed E-state index contributed by atoms with van der Waals surface area (Å²) in [4.78, 5) is 46.6. The Balaban J connectivity index is 0.000000161. The van der Waals surface area contributed by atoms with Crippen molar-refractivity contribution in [3.63, 3.8) is 0 Å². The van der Waals surface area contributed by atoms with Gasteiger partial charge in [0.25, 0.3) is 0 Å². The highest BCUT2D eigenvalue weighted by atomic mass is 28.3. The number of hydrogen-bond acceptors (Lipinski definition) is 15. The highest BCUT2D eigenvalue weighted by molar-refractivity contribution is 6.77. The summed E-state index contributed by atoms with van der Waals surface area (Å²) in [5, 5.41) is 36.0. The van der Waals surface area contributed by atoms with Gasteiger partial charge in [-0.2, -0.15) is 15.3 Å². The van der Waals surface area contributed by atoms with E-state index < -0.39 is 43.9 Å². The van der Waals surface area contributed by atoms with Crippen LogP contribution < -0.4 is 20.1 Å². The molecule has 0 saturated heterocycles. The second kappa shape index (κ2) is 43.5. The minimum Gasteiger partial charge on any atom is -0.505 e. The summed E-state index contributed by atoms with van der Waals surface area (Å²) >= 11 is 0. The molecule has 8 aromatic carbocycles. The van der Waals surface area contributed by atoms with E-state index in [4.69, 9.17) is 48.6 Å². The predicted octanol–water partition coefficient (Wildman–Crippen LogP) is 23.5. The summed E-state index contributed by atoms with van der Waals surface area (Å²) < 4.78 is 90.5. The van der Waals surface area contributed by atoms with Gasteiger partial charge in [-0.1, -0.05) is 178 Å². The van der Waals surface area contributed by atoms with Crippen LogP contribution in [0.25, 0.3) is 101 Å². The molecule has 8 heterocycles. The van der Waals surface area contributed by atoms with Crippen LogP contribution in [-0.2, 0) is 117 Å². The number of rotatable bonds is 37. The molecule has 137 heavy (non-hydrogen) atoms. The van der Waals surface area contributed by atoms with Crippen molar-refractivity contribution in [2.45, 2.75) is 242 Å². The van der Waals surface area contributed by atoms with Crippen LogP contribution in [0, 0.1) is 17.5 Å². The number of amides is 4. The van der Waals surface area contributed by atoms with Gasteiger partial charge in [0.05, 0.1) is 71.2 Å². The number of nitrogens with zero attached hydrogens (tertiary/aromatic N) is 12. The molecule has 32 heteroatoms. The molecule has 0 bridgehead atoms. The summed E-state index contributed by atoms with van der Waals surface area (Å²) in [5.41, 5.74) is 20.7. The van der Waals surface area contributed by atoms with Crippen molar-refractivity contribution in [3.8, 4) is 85.2 Å². The molecule has 14 aromatic rings. The number of carbonyl (C=O) groups excluding carboxylic acids is 2. The van der Waals surface area contributed by atoms with E-state index in [1.165, 1.54) is 17.8 Å². The maximum absolute atomic E-state index is 15.7. The number of aromatic nitrogens is 12. The molecule has 0 radical (unpaired) electrons. The van der Waals surface area contributed by atoms with Crippen molar-refractivity contribution < 1.29 is 56.3 Å². The van der Waals surface area contributed by atoms with Crippen LogP contribution in [0.2, 0.25) is 103 Å². The lowest BCUT2D eigenvalue weighted by atomic mass is 9.96. The number of phenols is 1. The quantitative estimate of drug-likeness (QED) is 0.0179. The van der Waals surface area contributed by atoms with Gasteiger partial charge in [0, 0.05) is 93.7 Å². The third kappa shape index (κ3) is 24.3. The fraction of sp³-hybridized carbons (Fsp3) is 0.410. The number of imidazole rings is 3. The average molecular weight is 1930 g/mol. The number of halogens is 3. The number of fused-ring (bicyclic) bond motifs is 6. The maximum Gasteiger partial charge on any atom is 0.318 e. The molecule has 4 amide bonds. The first kappa shape index (κ1) is 99.7. The number of aromatic amines is 2. The second-order valence-electron chi connectivity index (χ2n) is 40.6. The monoisotopic (exact) mass is 1930 g/mol. The topological polar surface area (TPSA) is 269 Å². The number of urea groups is 2. The van der Waals surface area contributed by atoms with Crippen molar-refractivity contribution in [1.82, 2.24) is 79.3 Å². The van der Waals surface area contributed by atoms with E-state index in [-0.39, 0.29) is 41.9 Å². The summed E-state index contributed by atoms with van der Waals surface area (Å²) in [5.74, 6) is 0.948. The first-order valence-electron chi connectivity index (χ1n) is 48.2. The average Bonchev–Trinajstić information content (AvgIpc) is 1.59. The smallest absolute Gasteiger partial charge is 0.318 e. The van der Waals surface area contributed by atoms with E-state index in [1.807, 2.05) is 127 Å². The van der Waals surface area contributed by atoms with Gasteiger partial charge < -0.3 is 68.1 Å². The zero-order valence-corrected chi connectivity index (χ0v) is 86.5. The summed E-state index contributed by atoms with van der Waals surface area (Å²) in [6, 6.07) is 51.7. The zero-order valence-electron chi connectivity index (χ0n) is 82.5. The van der Waals surface area contributed by atoms with Gasteiger partial charge in [0.15, 0.2) is 52.2 Å². The van der Waals surface area contributed by atoms with Crippen LogP contribution in [0.3, 0.4) is 0 Å². The van der Waals surface area contributed by atoms with Crippen LogP contribution in [0.5, 0.6) is 17.2 Å². The number of aryl methyl sites for hydroxylation is 4. The van der Waals surface area contributed by atoms with E-state index >= 15 is 8.78 Å². The van der Waals surface area contributed by atoms with Crippen molar-refractivity contribution >= 4 is 77.1 Å². The number of carbonyl (C=O) groups is 2. The maximum atomic E-state index is 15.7. The molecule has 0 fully saturated rings. The number of aromatic hydroxyl groups is 1. The number of benzene rings is 8. The van der Waals surface area contributed by atoms with Gasteiger partial charge in [-0.3, -0.25) is 5.10 Å². The third-order valence-corrected chi connectivity index (χ3v) is 32.0. The molecule has 17 rings (SSSR count). The molecule has 0 spiro atoms. The molecule has 724 valence electrons. The number of nitrogens with one attached hydrogen (secondary N) is 4. The Morgan fingerprint density at radius 3 is 1.34 bits per heavy atom. The fourth-order valence-electron chi connectivity index (χ4n) is 17.3. The molecule has 1 aliphatic carbocycles. The molecular formula is C105H133F3N16O9Si4. The molecular weight excluding hydrogens is 1800 g/mol. The highest BCUT2D eigenvalue weighted by Gasteiger charge is 2.35. The van der Waals surface area contributed by atoms with Gasteiger partial charge in [0.1, 0.15) is 57.2 Å². The normalized spacial score (nSPS) is 13.2. The van der Waals surface area contributed by atoms with E-state index in [0.29, 0.717) is 123 Å². The number of ether oxygens (including phenoxy) is 6. The second-order valence-corrected chi connectivity index (χ2v) is 63.1. The van der Waals surface area contributed by atoms with Gasteiger partial charge in [-0.25, -0.2) is 47.1 Å². The standard InChI is InChI=1S/C42H57FN6O4Si2.C40H53FN4O3Si2.C23H23FN6O2/c1-9-31-23-39(53-27-30-14-12-11-13-15-30)35(43)24-34(31)32-16-17-33-37(22-32)49(29-52-19-21-55(6,7)8)46-40(33)41-45-36-25-47(42(50)44-10-2)26-38(36)48(41)28-51-18-20-54(3,4)5;1-8-30-24-38(48-26-29-13-10-9-11-14-29)34(41)25-33(30)31-17-18-32-37(23-31)45(28-47-20-22-50(5,6)7)43-39(32)40-42-35-15-12-16-36(35)44(40)27-46-19-21-49(2,3)4;1-3-12-8-20(31)16(24)9-15(12)13-5-6-14-17(7-13)28-29-21(14)22-26-18-10-30(11-19(18)27-22)23(32)25-4-2/h11-17,22-24H,9-10,18-21,25-29H2,1-8H3,(H,44,50);9-11,13-14,17-18,23-25H,8,12,15-16,19-22,26-28H2,1-7H3;5-9,31H,3-4,10-11H2,1-2H3,(H,25,32)(H,26,27)(H,28,29). The fourth-order valence-corrected chi connectivity index (χ4v) is 20.3. The largest absolute Gasteiger partial charge is 0.505 e. The zero-order chi connectivity index (χ0) is 97.2. The van der Waals surface area contributed by atoms with E-state index in [0.717, 1.165) is 196 Å². The van der Waals surface area contributed by atoms with E-state index in [1.54, 1.807) is 21.9 Å². The van der Waals surface area contributed by atoms with Crippen molar-refractivity contribution in [3.05, 3.63) is 231 Å². The van der Waals surface area contributed by atoms with Crippen LogP contribution in [0.15, 0.2) is 152 Å². The molecule has 0 saturated carbocycles. The predicted molar refractivity (Wildman–Crippen MR) is 548 cm³/mol. The van der Waals surface area contributed by atoms with Gasteiger partial charge in [0.2, 0.25) is 0 Å². The van der Waals surface area contributed by atoms with Gasteiger partial charge in [-0.15, -0.1) is 0 Å².